The maximum atomic E-state index is 10.0. The van der Waals surface area contributed by atoms with Gasteiger partial charge in [-0.3, -0.25) is 5.10 Å². The van der Waals surface area contributed by atoms with E-state index >= 15 is 0 Å². The number of methoxy groups -OCH3 is 1. The number of rotatable bonds is 3. The van der Waals surface area contributed by atoms with Crippen LogP contribution in [0.1, 0.15) is 17.4 Å². The highest BCUT2D eigenvalue weighted by Crippen LogP contribution is 2.28. The maximum Gasteiger partial charge on any atom is 0.125 e. The summed E-state index contributed by atoms with van der Waals surface area (Å²) in [6, 6.07) is 9.09. The summed E-state index contributed by atoms with van der Waals surface area (Å²) in [5.41, 5.74) is 1.38. The van der Waals surface area contributed by atoms with E-state index in [-0.39, 0.29) is 0 Å². The fourth-order valence-corrected chi connectivity index (χ4v) is 1.48. The maximum absolute atomic E-state index is 10.0. The Balaban J connectivity index is 2.37. The van der Waals surface area contributed by atoms with E-state index in [0.29, 0.717) is 11.4 Å². The van der Waals surface area contributed by atoms with Crippen molar-refractivity contribution in [2.24, 2.45) is 0 Å². The van der Waals surface area contributed by atoms with Crippen molar-refractivity contribution in [2.45, 2.75) is 6.10 Å². The van der Waals surface area contributed by atoms with E-state index in [9.17, 15) is 5.11 Å². The molecule has 0 radical (unpaired) electrons. The van der Waals surface area contributed by atoms with E-state index in [2.05, 4.69) is 10.2 Å². The first-order valence-electron chi connectivity index (χ1n) is 4.63. The molecule has 1 aromatic carbocycles. The Bertz CT molecular complexity index is 426. The van der Waals surface area contributed by atoms with Crippen LogP contribution in [0, 0.1) is 0 Å². The molecule has 1 heterocycles. The lowest BCUT2D eigenvalue weighted by Crippen LogP contribution is -2.02. The zero-order valence-electron chi connectivity index (χ0n) is 8.34. The topological polar surface area (TPSA) is 58.1 Å². The summed E-state index contributed by atoms with van der Waals surface area (Å²) in [5, 5.41) is 16.6. The van der Waals surface area contributed by atoms with Crippen LogP contribution >= 0.6 is 0 Å². The first-order chi connectivity index (χ1) is 7.33. The summed E-state index contributed by atoms with van der Waals surface area (Å²) in [5.74, 6) is 0.666. The average Bonchev–Trinajstić information content (AvgIpc) is 2.81. The number of benzene rings is 1. The Morgan fingerprint density at radius 2 is 2.13 bits per heavy atom. The van der Waals surface area contributed by atoms with E-state index in [1.807, 2.05) is 24.3 Å². The summed E-state index contributed by atoms with van der Waals surface area (Å²) in [6.07, 6.45) is 0.872. The molecule has 1 aromatic heterocycles. The monoisotopic (exact) mass is 204 g/mol. The van der Waals surface area contributed by atoms with Gasteiger partial charge in [0.15, 0.2) is 0 Å². The van der Waals surface area contributed by atoms with Crippen molar-refractivity contribution in [3.05, 3.63) is 47.8 Å². The molecule has 2 rings (SSSR count). The normalized spacial score (nSPS) is 12.4. The number of ether oxygens (including phenoxy) is 1. The van der Waals surface area contributed by atoms with Crippen molar-refractivity contribution in [3.8, 4) is 5.75 Å². The van der Waals surface area contributed by atoms with E-state index in [0.717, 1.165) is 5.56 Å². The molecular weight excluding hydrogens is 192 g/mol. The predicted molar refractivity (Wildman–Crippen MR) is 55.6 cm³/mol. The van der Waals surface area contributed by atoms with Gasteiger partial charge in [0.2, 0.25) is 0 Å². The second kappa shape index (κ2) is 4.14. The minimum Gasteiger partial charge on any atom is -0.496 e. The highest BCUT2D eigenvalue weighted by Gasteiger charge is 2.15. The molecule has 15 heavy (non-hydrogen) atoms. The van der Waals surface area contributed by atoms with E-state index in [1.165, 1.54) is 0 Å². The SMILES string of the molecule is COc1ccccc1C(O)c1ccn[nH]1. The molecule has 0 fully saturated rings. The van der Waals surface area contributed by atoms with Crippen molar-refractivity contribution < 1.29 is 9.84 Å². The zero-order chi connectivity index (χ0) is 10.7. The summed E-state index contributed by atoms with van der Waals surface area (Å²) in [7, 11) is 1.58. The van der Waals surface area contributed by atoms with Crippen LogP contribution in [0.2, 0.25) is 0 Å². The molecule has 4 nitrogen and oxygen atoms in total. The van der Waals surface area contributed by atoms with E-state index in [4.69, 9.17) is 4.74 Å². The number of para-hydroxylation sites is 1. The molecule has 1 unspecified atom stereocenters. The minimum atomic E-state index is -0.733. The number of nitrogens with zero attached hydrogens (tertiary/aromatic N) is 1. The van der Waals surface area contributed by atoms with Crippen LogP contribution in [-0.4, -0.2) is 22.4 Å². The molecule has 2 aromatic rings. The Labute approximate surface area is 87.5 Å². The zero-order valence-corrected chi connectivity index (χ0v) is 8.34. The Morgan fingerprint density at radius 1 is 1.33 bits per heavy atom. The largest absolute Gasteiger partial charge is 0.496 e. The minimum absolute atomic E-state index is 0.652. The Hall–Kier alpha value is -1.81. The fraction of sp³-hybridized carbons (Fsp3) is 0.182. The fourth-order valence-electron chi connectivity index (χ4n) is 1.48. The lowest BCUT2D eigenvalue weighted by atomic mass is 10.1. The summed E-state index contributed by atoms with van der Waals surface area (Å²) in [4.78, 5) is 0. The number of aromatic amines is 1. The first-order valence-corrected chi connectivity index (χ1v) is 4.63. The molecule has 1 atom stereocenters. The average molecular weight is 204 g/mol. The predicted octanol–water partition coefficient (Wildman–Crippen LogP) is 1.50. The van der Waals surface area contributed by atoms with Gasteiger partial charge in [0.25, 0.3) is 0 Å². The number of aliphatic hydroxyl groups excluding tert-OH is 1. The molecule has 2 N–H and O–H groups in total. The van der Waals surface area contributed by atoms with Crippen LogP contribution in [0.3, 0.4) is 0 Å². The van der Waals surface area contributed by atoms with Crippen LogP contribution in [0.5, 0.6) is 5.75 Å². The van der Waals surface area contributed by atoms with Gasteiger partial charge < -0.3 is 9.84 Å². The van der Waals surface area contributed by atoms with Crippen LogP contribution in [-0.2, 0) is 0 Å². The highest BCUT2D eigenvalue weighted by atomic mass is 16.5. The molecule has 0 aliphatic carbocycles. The summed E-state index contributed by atoms with van der Waals surface area (Å²) in [6.45, 7) is 0. The van der Waals surface area contributed by atoms with Crippen molar-refractivity contribution in [2.75, 3.05) is 7.11 Å². The van der Waals surface area contributed by atoms with Crippen LogP contribution in [0.25, 0.3) is 0 Å². The lowest BCUT2D eigenvalue weighted by molar-refractivity contribution is 0.210. The summed E-state index contributed by atoms with van der Waals surface area (Å²) >= 11 is 0. The van der Waals surface area contributed by atoms with Gasteiger partial charge in [0.1, 0.15) is 11.9 Å². The number of H-pyrrole nitrogens is 1. The lowest BCUT2D eigenvalue weighted by Gasteiger charge is -2.12. The van der Waals surface area contributed by atoms with Gasteiger partial charge in [-0.05, 0) is 12.1 Å². The second-order valence-corrected chi connectivity index (χ2v) is 3.16. The first kappa shape index (κ1) is 9.73. The number of aromatic nitrogens is 2. The van der Waals surface area contributed by atoms with Crippen molar-refractivity contribution >= 4 is 0 Å². The van der Waals surface area contributed by atoms with E-state index in [1.54, 1.807) is 19.4 Å². The number of nitrogens with one attached hydrogen (secondary N) is 1. The van der Waals surface area contributed by atoms with Gasteiger partial charge in [0.05, 0.1) is 12.8 Å². The van der Waals surface area contributed by atoms with Gasteiger partial charge in [-0.2, -0.15) is 5.10 Å². The standard InChI is InChI=1S/C11H12N2O2/c1-15-10-5-3-2-4-8(10)11(14)9-6-7-12-13-9/h2-7,11,14H,1H3,(H,12,13). The van der Waals surface area contributed by atoms with Crippen LogP contribution in [0.4, 0.5) is 0 Å². The third-order valence-corrected chi connectivity index (χ3v) is 2.25. The van der Waals surface area contributed by atoms with Gasteiger partial charge in [-0.15, -0.1) is 0 Å². The Kier molecular flexibility index (Phi) is 2.69. The van der Waals surface area contributed by atoms with Crippen LogP contribution in [0.15, 0.2) is 36.5 Å². The third-order valence-electron chi connectivity index (χ3n) is 2.25. The highest BCUT2D eigenvalue weighted by molar-refractivity contribution is 5.38. The molecular formula is C11H12N2O2. The smallest absolute Gasteiger partial charge is 0.125 e. The molecule has 0 aliphatic heterocycles. The molecule has 0 amide bonds. The molecule has 0 aliphatic rings. The number of hydrogen-bond acceptors (Lipinski definition) is 3. The summed E-state index contributed by atoms with van der Waals surface area (Å²) < 4.78 is 5.17. The number of aliphatic hydroxyl groups is 1. The van der Waals surface area contributed by atoms with Gasteiger partial charge in [0, 0.05) is 11.8 Å². The molecule has 0 bridgehead atoms. The molecule has 0 saturated carbocycles. The van der Waals surface area contributed by atoms with Gasteiger partial charge in [-0.1, -0.05) is 18.2 Å². The molecule has 0 spiro atoms. The van der Waals surface area contributed by atoms with Crippen LogP contribution < -0.4 is 4.74 Å². The molecule has 78 valence electrons. The van der Waals surface area contributed by atoms with Crippen molar-refractivity contribution in [3.63, 3.8) is 0 Å². The Morgan fingerprint density at radius 3 is 2.80 bits per heavy atom. The third kappa shape index (κ3) is 1.85. The quantitative estimate of drug-likeness (QED) is 0.796. The molecule has 4 heteroatoms. The number of hydrogen-bond donors (Lipinski definition) is 2. The second-order valence-electron chi connectivity index (χ2n) is 3.16. The van der Waals surface area contributed by atoms with Crippen molar-refractivity contribution in [1.82, 2.24) is 10.2 Å². The van der Waals surface area contributed by atoms with Crippen molar-refractivity contribution in [1.29, 1.82) is 0 Å². The molecule has 0 saturated heterocycles. The van der Waals surface area contributed by atoms with Gasteiger partial charge >= 0.3 is 0 Å². The van der Waals surface area contributed by atoms with Gasteiger partial charge in [-0.25, -0.2) is 0 Å². The van der Waals surface area contributed by atoms with E-state index < -0.39 is 6.10 Å².